The molecule has 28 heavy (non-hydrogen) atoms. The van der Waals surface area contributed by atoms with E-state index in [1.165, 1.54) is 18.2 Å². The Hall–Kier alpha value is -3.03. The number of hydrogen-bond donors (Lipinski definition) is 0. The number of ether oxygens (including phenoxy) is 1. The van der Waals surface area contributed by atoms with Crippen molar-refractivity contribution in [3.05, 3.63) is 88.7 Å². The highest BCUT2D eigenvalue weighted by Crippen LogP contribution is 2.37. The number of benzene rings is 3. The molecule has 0 aliphatic carbocycles. The first-order valence-electron chi connectivity index (χ1n) is 7.87. The van der Waals surface area contributed by atoms with Crippen LogP contribution in [0, 0.1) is 36.0 Å². The molecule has 0 heterocycles. The van der Waals surface area contributed by atoms with Crippen LogP contribution in [-0.2, 0) is 6.11 Å². The number of alkyl halides is 2. The summed E-state index contributed by atoms with van der Waals surface area (Å²) in [4.78, 5) is 0. The zero-order chi connectivity index (χ0) is 20.6. The van der Waals surface area contributed by atoms with Crippen LogP contribution >= 0.6 is 0 Å². The molecule has 0 radical (unpaired) electrons. The van der Waals surface area contributed by atoms with Crippen LogP contribution < -0.4 is 4.74 Å². The van der Waals surface area contributed by atoms with Gasteiger partial charge in [0.2, 0.25) is 0 Å². The first kappa shape index (κ1) is 19.7. The van der Waals surface area contributed by atoms with Gasteiger partial charge in [-0.15, -0.1) is 0 Å². The lowest BCUT2D eigenvalue weighted by molar-refractivity contribution is -0.189. The fraction of sp³-hybridized carbons (Fsp3) is 0.100. The minimum absolute atomic E-state index is 0.196. The van der Waals surface area contributed by atoms with Crippen molar-refractivity contribution in [3.8, 4) is 16.9 Å². The van der Waals surface area contributed by atoms with Gasteiger partial charge in [0.25, 0.3) is 0 Å². The molecule has 0 N–H and O–H groups in total. The Balaban J connectivity index is 2.02. The molecule has 0 bridgehead atoms. The van der Waals surface area contributed by atoms with Gasteiger partial charge < -0.3 is 4.74 Å². The predicted octanol–water partition coefficient (Wildman–Crippen LogP) is 6.49. The second-order valence-electron chi connectivity index (χ2n) is 5.93. The molecule has 3 aromatic rings. The van der Waals surface area contributed by atoms with Crippen molar-refractivity contribution >= 4 is 0 Å². The lowest BCUT2D eigenvalue weighted by Crippen LogP contribution is -2.25. The number of rotatable bonds is 4. The van der Waals surface area contributed by atoms with E-state index in [-0.39, 0.29) is 11.1 Å². The van der Waals surface area contributed by atoms with Crippen LogP contribution in [-0.4, -0.2) is 0 Å². The highest BCUT2D eigenvalue weighted by atomic mass is 19.3. The van der Waals surface area contributed by atoms with Crippen LogP contribution in [0.25, 0.3) is 11.1 Å². The van der Waals surface area contributed by atoms with Crippen LogP contribution in [0.5, 0.6) is 5.75 Å². The van der Waals surface area contributed by atoms with Gasteiger partial charge in [0.15, 0.2) is 0 Å². The highest BCUT2D eigenvalue weighted by molar-refractivity contribution is 5.65. The smallest absolute Gasteiger partial charge is 0.429 e. The van der Waals surface area contributed by atoms with E-state index in [1.54, 1.807) is 0 Å². The van der Waals surface area contributed by atoms with Gasteiger partial charge in [0.05, 0.1) is 0 Å². The maximum absolute atomic E-state index is 14.3. The summed E-state index contributed by atoms with van der Waals surface area (Å²) in [7, 11) is 0. The maximum atomic E-state index is 14.3. The molecule has 146 valence electrons. The summed E-state index contributed by atoms with van der Waals surface area (Å²) in [6.07, 6.45) is -4.59. The summed E-state index contributed by atoms with van der Waals surface area (Å²) in [6, 6.07) is 6.98. The zero-order valence-electron chi connectivity index (χ0n) is 14.2. The Labute approximate surface area is 155 Å². The fourth-order valence-corrected chi connectivity index (χ4v) is 2.58. The average molecular weight is 400 g/mol. The first-order valence-corrected chi connectivity index (χ1v) is 7.87. The number of halogens is 7. The molecule has 1 nitrogen and oxygen atoms in total. The quantitative estimate of drug-likeness (QED) is 0.455. The molecule has 0 fully saturated rings. The predicted molar refractivity (Wildman–Crippen MR) is 87.4 cm³/mol. The van der Waals surface area contributed by atoms with Gasteiger partial charge in [-0.2, -0.15) is 8.78 Å². The van der Waals surface area contributed by atoms with Crippen molar-refractivity contribution in [3.63, 3.8) is 0 Å². The van der Waals surface area contributed by atoms with Gasteiger partial charge in [-0.3, -0.25) is 0 Å². The Kier molecular flexibility index (Phi) is 5.06. The van der Waals surface area contributed by atoms with E-state index in [4.69, 9.17) is 0 Å². The molecule has 3 rings (SSSR count). The Bertz CT molecular complexity index is 1000. The van der Waals surface area contributed by atoms with Gasteiger partial charge >= 0.3 is 6.11 Å². The fourth-order valence-electron chi connectivity index (χ4n) is 2.58. The standard InChI is InChI=1S/C20H11F7O/c1-10-15(22)8-12(9-16(10)23)28-20(26,27)19-17(24)6-11(7-18(19)25)13-4-2-3-5-14(13)21/h2-9H,1H3. The van der Waals surface area contributed by atoms with Crippen LogP contribution in [0.15, 0.2) is 48.5 Å². The van der Waals surface area contributed by atoms with E-state index < -0.39 is 52.1 Å². The molecule has 0 spiro atoms. The third-order valence-corrected chi connectivity index (χ3v) is 4.02. The second-order valence-corrected chi connectivity index (χ2v) is 5.93. The van der Waals surface area contributed by atoms with Crippen LogP contribution in [0.4, 0.5) is 30.7 Å². The van der Waals surface area contributed by atoms with Crippen molar-refractivity contribution in [2.75, 3.05) is 0 Å². The molecule has 0 amide bonds. The summed E-state index contributed by atoms with van der Waals surface area (Å²) < 4.78 is 102. The van der Waals surface area contributed by atoms with Gasteiger partial charge in [-0.25, -0.2) is 22.0 Å². The van der Waals surface area contributed by atoms with E-state index in [1.807, 2.05) is 0 Å². The molecule has 0 aromatic heterocycles. The zero-order valence-corrected chi connectivity index (χ0v) is 14.2. The van der Waals surface area contributed by atoms with Crippen molar-refractivity contribution in [1.82, 2.24) is 0 Å². The third-order valence-electron chi connectivity index (χ3n) is 4.02. The molecular weight excluding hydrogens is 389 g/mol. The second kappa shape index (κ2) is 7.18. The minimum Gasteiger partial charge on any atom is -0.429 e. The molecule has 0 aliphatic rings. The van der Waals surface area contributed by atoms with Gasteiger partial charge in [0.1, 0.15) is 40.4 Å². The molecule has 0 saturated carbocycles. The lowest BCUT2D eigenvalue weighted by atomic mass is 10.0. The van der Waals surface area contributed by atoms with Crippen LogP contribution in [0.2, 0.25) is 0 Å². The highest BCUT2D eigenvalue weighted by Gasteiger charge is 2.41. The van der Waals surface area contributed by atoms with Gasteiger partial charge in [-0.1, -0.05) is 18.2 Å². The van der Waals surface area contributed by atoms with Gasteiger partial charge in [0, 0.05) is 23.3 Å². The monoisotopic (exact) mass is 400 g/mol. The molecule has 0 atom stereocenters. The van der Waals surface area contributed by atoms with Crippen molar-refractivity contribution in [2.45, 2.75) is 13.0 Å². The average Bonchev–Trinajstić information content (AvgIpc) is 2.58. The topological polar surface area (TPSA) is 9.23 Å². The maximum Gasteiger partial charge on any atom is 0.432 e. The normalized spacial score (nSPS) is 11.6. The molecule has 0 aliphatic heterocycles. The molecular formula is C20H11F7O. The van der Waals surface area contributed by atoms with Crippen molar-refractivity contribution in [1.29, 1.82) is 0 Å². The summed E-state index contributed by atoms with van der Waals surface area (Å²) in [6.45, 7) is 1.08. The summed E-state index contributed by atoms with van der Waals surface area (Å²) >= 11 is 0. The molecule has 8 heteroatoms. The summed E-state index contributed by atoms with van der Waals surface area (Å²) in [5, 5.41) is 0. The Morgan fingerprint density at radius 1 is 0.714 bits per heavy atom. The molecule has 0 saturated heterocycles. The Morgan fingerprint density at radius 2 is 1.25 bits per heavy atom. The first-order chi connectivity index (χ1) is 13.1. The van der Waals surface area contributed by atoms with Crippen molar-refractivity contribution < 1.29 is 35.5 Å². The van der Waals surface area contributed by atoms with E-state index in [0.717, 1.165) is 13.0 Å². The minimum atomic E-state index is -4.59. The molecule has 3 aromatic carbocycles. The van der Waals surface area contributed by atoms with Crippen LogP contribution in [0.3, 0.4) is 0 Å². The van der Waals surface area contributed by atoms with Crippen molar-refractivity contribution in [2.24, 2.45) is 0 Å². The van der Waals surface area contributed by atoms with E-state index in [2.05, 4.69) is 4.74 Å². The summed E-state index contributed by atoms with van der Waals surface area (Å²) in [5.74, 6) is -7.51. The van der Waals surface area contributed by atoms with E-state index in [9.17, 15) is 30.7 Å². The largest absolute Gasteiger partial charge is 0.432 e. The van der Waals surface area contributed by atoms with E-state index >= 15 is 0 Å². The van der Waals surface area contributed by atoms with Gasteiger partial charge in [-0.05, 0) is 30.7 Å². The SMILES string of the molecule is Cc1c(F)cc(OC(F)(F)c2c(F)cc(-c3ccccc3F)cc2F)cc1F. The third kappa shape index (κ3) is 3.67. The van der Waals surface area contributed by atoms with Crippen LogP contribution in [0.1, 0.15) is 11.1 Å². The Morgan fingerprint density at radius 3 is 1.79 bits per heavy atom. The lowest BCUT2D eigenvalue weighted by Gasteiger charge is -2.20. The molecule has 0 unspecified atom stereocenters. The number of hydrogen-bond acceptors (Lipinski definition) is 1. The van der Waals surface area contributed by atoms with E-state index in [0.29, 0.717) is 24.3 Å². The summed E-state index contributed by atoms with van der Waals surface area (Å²) in [5.41, 5.74) is -2.70.